The van der Waals surface area contributed by atoms with Gasteiger partial charge < -0.3 is 15.6 Å². The largest absolute Gasteiger partial charge is 0.344 e. The van der Waals surface area contributed by atoms with Crippen LogP contribution in [0.15, 0.2) is 54.6 Å². The van der Waals surface area contributed by atoms with E-state index < -0.39 is 23.4 Å². The SMILES string of the molecule is CCC1(c2ccccc2)NC(=O)N(CC(=O)N[C@H](c2nc3ccccc3[nH]2)C(C)C)C1=O. The Labute approximate surface area is 186 Å². The highest BCUT2D eigenvalue weighted by Crippen LogP contribution is 2.32. The second kappa shape index (κ2) is 8.45. The third kappa shape index (κ3) is 3.72. The van der Waals surface area contributed by atoms with Gasteiger partial charge in [0.2, 0.25) is 5.91 Å². The minimum Gasteiger partial charge on any atom is -0.344 e. The molecule has 2 aromatic carbocycles. The molecule has 32 heavy (non-hydrogen) atoms. The smallest absolute Gasteiger partial charge is 0.325 e. The maximum Gasteiger partial charge on any atom is 0.325 e. The first-order valence-corrected chi connectivity index (χ1v) is 10.8. The Hall–Kier alpha value is -3.68. The topological polar surface area (TPSA) is 107 Å². The van der Waals surface area contributed by atoms with E-state index in [4.69, 9.17) is 0 Å². The highest BCUT2D eigenvalue weighted by Gasteiger charge is 2.51. The summed E-state index contributed by atoms with van der Waals surface area (Å²) in [6.07, 6.45) is 0.382. The summed E-state index contributed by atoms with van der Waals surface area (Å²) >= 11 is 0. The van der Waals surface area contributed by atoms with Crippen LogP contribution in [0, 0.1) is 5.92 Å². The van der Waals surface area contributed by atoms with Crippen LogP contribution in [0.3, 0.4) is 0 Å². The van der Waals surface area contributed by atoms with E-state index in [-0.39, 0.29) is 18.5 Å². The molecule has 4 amide bonds. The quantitative estimate of drug-likeness (QED) is 0.497. The number of hydrogen-bond donors (Lipinski definition) is 3. The lowest BCUT2D eigenvalue weighted by Crippen LogP contribution is -2.45. The molecule has 2 atom stereocenters. The lowest BCUT2D eigenvalue weighted by molar-refractivity contribution is -0.135. The fraction of sp³-hybridized carbons (Fsp3) is 0.333. The van der Waals surface area contributed by atoms with Crippen LogP contribution in [0.25, 0.3) is 11.0 Å². The van der Waals surface area contributed by atoms with Crippen molar-refractivity contribution in [3.63, 3.8) is 0 Å². The number of amides is 4. The summed E-state index contributed by atoms with van der Waals surface area (Å²) in [5.41, 5.74) is 1.24. The van der Waals surface area contributed by atoms with E-state index >= 15 is 0 Å². The molecule has 3 N–H and O–H groups in total. The third-order valence-corrected chi connectivity index (χ3v) is 5.96. The zero-order chi connectivity index (χ0) is 22.9. The predicted molar refractivity (Wildman–Crippen MR) is 120 cm³/mol. The van der Waals surface area contributed by atoms with Gasteiger partial charge in [0.1, 0.15) is 17.9 Å². The number of nitrogens with one attached hydrogen (secondary N) is 3. The van der Waals surface area contributed by atoms with Crippen molar-refractivity contribution in [2.45, 2.75) is 38.8 Å². The number of carbonyl (C=O) groups excluding carboxylic acids is 3. The van der Waals surface area contributed by atoms with E-state index in [1.54, 1.807) is 0 Å². The van der Waals surface area contributed by atoms with Gasteiger partial charge in [-0.3, -0.25) is 14.5 Å². The summed E-state index contributed by atoms with van der Waals surface area (Å²) in [4.78, 5) is 47.7. The lowest BCUT2D eigenvalue weighted by atomic mass is 9.87. The van der Waals surface area contributed by atoms with E-state index in [0.717, 1.165) is 15.9 Å². The highest BCUT2D eigenvalue weighted by atomic mass is 16.2. The first kappa shape index (κ1) is 21.5. The van der Waals surface area contributed by atoms with E-state index in [2.05, 4.69) is 20.6 Å². The molecule has 8 heteroatoms. The molecule has 0 aliphatic carbocycles. The van der Waals surface area contributed by atoms with Crippen LogP contribution in [0.1, 0.15) is 44.6 Å². The van der Waals surface area contributed by atoms with Gasteiger partial charge in [-0.2, -0.15) is 0 Å². The van der Waals surface area contributed by atoms with Crippen molar-refractivity contribution in [1.29, 1.82) is 0 Å². The zero-order valence-electron chi connectivity index (χ0n) is 18.4. The second-order valence-electron chi connectivity index (χ2n) is 8.37. The number of aromatic nitrogens is 2. The van der Waals surface area contributed by atoms with Crippen molar-refractivity contribution in [2.24, 2.45) is 5.92 Å². The minimum absolute atomic E-state index is 0.0432. The molecule has 0 saturated carbocycles. The Balaban J connectivity index is 1.52. The number of imidazole rings is 1. The molecule has 0 bridgehead atoms. The summed E-state index contributed by atoms with van der Waals surface area (Å²) in [5, 5.41) is 5.74. The Morgan fingerprint density at radius 2 is 1.78 bits per heavy atom. The summed E-state index contributed by atoms with van der Waals surface area (Å²) < 4.78 is 0. The van der Waals surface area contributed by atoms with Gasteiger partial charge in [-0.05, 0) is 30.0 Å². The molecule has 1 saturated heterocycles. The van der Waals surface area contributed by atoms with Crippen LogP contribution in [-0.2, 0) is 15.1 Å². The van der Waals surface area contributed by atoms with Gasteiger partial charge in [-0.25, -0.2) is 9.78 Å². The van der Waals surface area contributed by atoms with Crippen molar-refractivity contribution in [1.82, 2.24) is 25.5 Å². The van der Waals surface area contributed by atoms with Gasteiger partial charge in [0.15, 0.2) is 0 Å². The van der Waals surface area contributed by atoms with Crippen LogP contribution >= 0.6 is 0 Å². The molecular weight excluding hydrogens is 406 g/mol. The minimum atomic E-state index is -1.16. The number of imide groups is 1. The molecule has 1 aliphatic heterocycles. The Morgan fingerprint density at radius 3 is 2.44 bits per heavy atom. The highest BCUT2D eigenvalue weighted by molar-refractivity contribution is 6.09. The lowest BCUT2D eigenvalue weighted by Gasteiger charge is -2.26. The first-order valence-electron chi connectivity index (χ1n) is 10.8. The van der Waals surface area contributed by atoms with Crippen molar-refractivity contribution in [3.8, 4) is 0 Å². The molecule has 1 unspecified atom stereocenters. The number of urea groups is 1. The number of benzene rings is 2. The first-order chi connectivity index (χ1) is 15.4. The van der Waals surface area contributed by atoms with E-state index in [0.29, 0.717) is 17.8 Å². The molecule has 8 nitrogen and oxygen atoms in total. The molecule has 1 fully saturated rings. The van der Waals surface area contributed by atoms with Crippen molar-refractivity contribution in [2.75, 3.05) is 6.54 Å². The summed E-state index contributed by atoms with van der Waals surface area (Å²) in [6.45, 7) is 5.43. The second-order valence-corrected chi connectivity index (χ2v) is 8.37. The Kier molecular flexibility index (Phi) is 5.69. The number of rotatable bonds is 7. The van der Waals surface area contributed by atoms with Gasteiger partial charge in [-0.1, -0.05) is 63.2 Å². The van der Waals surface area contributed by atoms with Crippen molar-refractivity contribution in [3.05, 3.63) is 66.0 Å². The van der Waals surface area contributed by atoms with E-state index in [1.807, 2.05) is 75.4 Å². The van der Waals surface area contributed by atoms with Gasteiger partial charge in [0.25, 0.3) is 5.91 Å². The maximum atomic E-state index is 13.3. The van der Waals surface area contributed by atoms with Gasteiger partial charge >= 0.3 is 6.03 Å². The normalized spacial score (nSPS) is 19.4. The molecular formula is C24H27N5O3. The maximum absolute atomic E-state index is 13.3. The van der Waals surface area contributed by atoms with Gasteiger partial charge in [-0.15, -0.1) is 0 Å². The number of para-hydroxylation sites is 2. The van der Waals surface area contributed by atoms with Crippen LogP contribution in [0.5, 0.6) is 0 Å². The van der Waals surface area contributed by atoms with Crippen LogP contribution in [0.4, 0.5) is 4.79 Å². The third-order valence-electron chi connectivity index (χ3n) is 5.96. The zero-order valence-corrected chi connectivity index (χ0v) is 18.4. The Bertz CT molecular complexity index is 1120. The number of nitrogens with zero attached hydrogens (tertiary/aromatic N) is 2. The molecule has 4 rings (SSSR count). The number of hydrogen-bond acceptors (Lipinski definition) is 4. The Morgan fingerprint density at radius 1 is 1.09 bits per heavy atom. The average molecular weight is 434 g/mol. The summed E-state index contributed by atoms with van der Waals surface area (Å²) in [7, 11) is 0. The number of H-pyrrole nitrogens is 1. The molecule has 0 radical (unpaired) electrons. The van der Waals surface area contributed by atoms with Gasteiger partial charge in [0.05, 0.1) is 17.1 Å². The van der Waals surface area contributed by atoms with Crippen molar-refractivity contribution < 1.29 is 14.4 Å². The summed E-state index contributed by atoms with van der Waals surface area (Å²) in [5.74, 6) is -0.163. The van der Waals surface area contributed by atoms with E-state index in [9.17, 15) is 14.4 Å². The van der Waals surface area contributed by atoms with Crippen LogP contribution in [0.2, 0.25) is 0 Å². The fourth-order valence-electron chi connectivity index (χ4n) is 4.17. The molecule has 1 aromatic heterocycles. The molecule has 2 heterocycles. The molecule has 166 valence electrons. The predicted octanol–water partition coefficient (Wildman–Crippen LogP) is 3.23. The number of aromatic amines is 1. The monoisotopic (exact) mass is 433 g/mol. The fourth-order valence-corrected chi connectivity index (χ4v) is 4.17. The van der Waals surface area contributed by atoms with Crippen LogP contribution in [-0.4, -0.2) is 39.3 Å². The average Bonchev–Trinajstić information content (AvgIpc) is 3.32. The van der Waals surface area contributed by atoms with Gasteiger partial charge in [0, 0.05) is 0 Å². The van der Waals surface area contributed by atoms with Crippen LogP contribution < -0.4 is 10.6 Å². The number of carbonyl (C=O) groups is 3. The standard InChI is InChI=1S/C24H27N5O3/c1-4-24(16-10-6-5-7-11-16)22(31)29(23(32)28-24)14-19(30)27-20(15(2)3)21-25-17-12-8-9-13-18(17)26-21/h5-13,15,20H,4,14H2,1-3H3,(H,25,26)(H,27,30)(H,28,32)/t20-,24?/m0/s1. The summed E-state index contributed by atoms with van der Waals surface area (Å²) in [6, 6.07) is 15.8. The number of fused-ring (bicyclic) bond motifs is 1. The molecule has 0 spiro atoms. The molecule has 1 aliphatic rings. The van der Waals surface area contributed by atoms with E-state index in [1.165, 1.54) is 0 Å². The van der Waals surface area contributed by atoms with Crippen molar-refractivity contribution >= 4 is 28.9 Å². The molecule has 3 aromatic rings.